The van der Waals surface area contributed by atoms with Crippen molar-refractivity contribution in [3.8, 4) is 11.5 Å². The molecule has 4 amide bonds. The van der Waals surface area contributed by atoms with Crippen molar-refractivity contribution in [1.82, 2.24) is 44.0 Å². The summed E-state index contributed by atoms with van der Waals surface area (Å²) >= 11 is 5.62. The molecule has 0 saturated heterocycles. The number of hydrogen-bond donors (Lipinski definition) is 6. The molecule has 61 heavy (non-hydrogen) atoms. The molecule has 1 aliphatic heterocycles. The van der Waals surface area contributed by atoms with Crippen LogP contribution in [0.1, 0.15) is 93.7 Å². The lowest BCUT2D eigenvalue weighted by molar-refractivity contribution is -0.118. The highest BCUT2D eigenvalue weighted by molar-refractivity contribution is 6.27. The number of aliphatic hydroxyl groups excluding tert-OH is 1. The number of imidazole rings is 2. The third-order valence-corrected chi connectivity index (χ3v) is 10.5. The number of anilines is 2. The molecule has 0 aliphatic carbocycles. The Labute approximate surface area is 354 Å². The van der Waals surface area contributed by atoms with E-state index in [4.69, 9.17) is 42.5 Å². The maximum absolute atomic E-state index is 13.7. The van der Waals surface area contributed by atoms with Crippen molar-refractivity contribution in [1.29, 1.82) is 0 Å². The quantitative estimate of drug-likeness (QED) is 0.0388. The van der Waals surface area contributed by atoms with E-state index in [2.05, 4.69) is 26.1 Å². The molecule has 4 aromatic heterocycles. The van der Waals surface area contributed by atoms with Crippen LogP contribution in [0, 0.1) is 13.8 Å². The molecular weight excluding hydrogens is 810 g/mol. The van der Waals surface area contributed by atoms with E-state index in [9.17, 15) is 24.3 Å². The first-order valence-corrected chi connectivity index (χ1v) is 20.5. The summed E-state index contributed by atoms with van der Waals surface area (Å²) in [4.78, 5) is 59.7. The molecule has 1 aliphatic rings. The first-order chi connectivity index (χ1) is 29.3. The van der Waals surface area contributed by atoms with Gasteiger partial charge < -0.3 is 45.8 Å². The number of halogens is 1. The highest BCUT2D eigenvalue weighted by Gasteiger charge is 2.30. The van der Waals surface area contributed by atoms with Gasteiger partial charge in [0.2, 0.25) is 29.6 Å². The Balaban J connectivity index is 1.23. The van der Waals surface area contributed by atoms with E-state index < -0.39 is 23.9 Å². The molecule has 6 aromatic rings. The third-order valence-electron chi connectivity index (χ3n) is 10.3. The minimum atomic E-state index is -1.21. The number of aryl methyl sites for hydroxylation is 5. The van der Waals surface area contributed by atoms with Crippen LogP contribution in [0.25, 0.3) is 22.1 Å². The number of carbonyl (C=O) groups is 4. The summed E-state index contributed by atoms with van der Waals surface area (Å²) in [5.74, 6) is -0.929. The van der Waals surface area contributed by atoms with E-state index in [1.807, 2.05) is 36.8 Å². The number of amides is 4. The number of aliphatic hydroxyl groups is 1. The second kappa shape index (κ2) is 17.9. The number of ether oxygens (including phenoxy) is 2. The van der Waals surface area contributed by atoms with E-state index in [0.717, 1.165) is 5.69 Å². The summed E-state index contributed by atoms with van der Waals surface area (Å²) in [6.45, 7) is 9.46. The van der Waals surface area contributed by atoms with Crippen LogP contribution in [0.15, 0.2) is 36.4 Å². The Morgan fingerprint density at radius 2 is 1.59 bits per heavy atom. The predicted molar refractivity (Wildman–Crippen MR) is 226 cm³/mol. The fraction of sp³-hybridized carbons (Fsp3) is 0.400. The third kappa shape index (κ3) is 8.80. The number of hydrogen-bond acceptors (Lipinski definition) is 12. The van der Waals surface area contributed by atoms with Crippen LogP contribution < -0.4 is 36.9 Å². The van der Waals surface area contributed by atoms with Gasteiger partial charge in [0.15, 0.2) is 6.23 Å². The van der Waals surface area contributed by atoms with Crippen molar-refractivity contribution in [3.05, 3.63) is 70.3 Å². The van der Waals surface area contributed by atoms with E-state index >= 15 is 0 Å². The van der Waals surface area contributed by atoms with Crippen molar-refractivity contribution < 1.29 is 33.8 Å². The number of fused-ring (bicyclic) bond motifs is 1. The van der Waals surface area contributed by atoms with Crippen molar-refractivity contribution in [2.75, 3.05) is 36.3 Å². The van der Waals surface area contributed by atoms with E-state index in [1.165, 1.54) is 0 Å². The minimum Gasteiger partial charge on any atom is -0.491 e. The summed E-state index contributed by atoms with van der Waals surface area (Å²) in [5.41, 5.74) is 16.0. The van der Waals surface area contributed by atoms with Gasteiger partial charge in [0.1, 0.15) is 40.7 Å². The Morgan fingerprint density at radius 3 is 2.30 bits per heavy atom. The van der Waals surface area contributed by atoms with Gasteiger partial charge in [-0.1, -0.05) is 0 Å². The SMILES string of the molecule is CCn1nc(C)cc1C(=O)Nc1nc2cc(C(N)=O)cc3c2n1[C@@H](CCCn1c(NC(O)c2cc(C)nn2CC)nc2cc(C(N)=O)cc(OCCCNC(=O)CCl)c21)CO3. The molecule has 0 saturated carbocycles. The van der Waals surface area contributed by atoms with Gasteiger partial charge in [-0.2, -0.15) is 10.2 Å². The summed E-state index contributed by atoms with van der Waals surface area (Å²) in [6, 6.07) is 9.39. The number of nitrogens with two attached hydrogens (primary N) is 2. The number of carbonyl (C=O) groups excluding carboxylic acids is 4. The second-order valence-corrected chi connectivity index (χ2v) is 14.9. The molecule has 0 spiro atoms. The first-order valence-electron chi connectivity index (χ1n) is 19.9. The van der Waals surface area contributed by atoms with Crippen LogP contribution in [0.5, 0.6) is 11.5 Å². The molecule has 0 bridgehead atoms. The van der Waals surface area contributed by atoms with E-state index in [-0.39, 0.29) is 54.1 Å². The van der Waals surface area contributed by atoms with Crippen molar-refractivity contribution >= 4 is 69.2 Å². The van der Waals surface area contributed by atoms with Gasteiger partial charge >= 0.3 is 0 Å². The lowest BCUT2D eigenvalue weighted by atomic mass is 10.1. The summed E-state index contributed by atoms with van der Waals surface area (Å²) in [5, 5.41) is 29.2. The maximum atomic E-state index is 13.7. The zero-order chi connectivity index (χ0) is 43.5. The number of nitrogens with one attached hydrogen (secondary N) is 3. The minimum absolute atomic E-state index is 0.163. The summed E-state index contributed by atoms with van der Waals surface area (Å²) in [7, 11) is 0. The average molecular weight is 858 g/mol. The fourth-order valence-electron chi connectivity index (χ4n) is 7.56. The van der Waals surface area contributed by atoms with Crippen molar-refractivity contribution in [3.63, 3.8) is 0 Å². The van der Waals surface area contributed by atoms with Gasteiger partial charge in [0.25, 0.3) is 5.91 Å². The number of benzene rings is 2. The first kappa shape index (κ1) is 42.5. The van der Waals surface area contributed by atoms with Crippen molar-refractivity contribution in [2.45, 2.75) is 78.9 Å². The number of nitrogens with zero attached hydrogens (tertiary/aromatic N) is 8. The molecule has 5 heterocycles. The number of primary amides is 2. The Bertz CT molecular complexity index is 2650. The second-order valence-electron chi connectivity index (χ2n) is 14.6. The smallest absolute Gasteiger partial charge is 0.276 e. The summed E-state index contributed by atoms with van der Waals surface area (Å²) < 4.78 is 19.5. The van der Waals surface area contributed by atoms with Crippen LogP contribution >= 0.6 is 11.6 Å². The van der Waals surface area contributed by atoms with Gasteiger partial charge in [-0.25, -0.2) is 9.97 Å². The van der Waals surface area contributed by atoms with Crippen LogP contribution in [-0.2, 0) is 24.4 Å². The molecule has 7 rings (SSSR count). The lowest BCUT2D eigenvalue weighted by Crippen LogP contribution is -2.26. The molecular formula is C40H48ClN13O7. The Morgan fingerprint density at radius 1 is 0.918 bits per heavy atom. The Kier molecular flexibility index (Phi) is 12.5. The topological polar surface area (TPSA) is 266 Å². The number of rotatable bonds is 19. The summed E-state index contributed by atoms with van der Waals surface area (Å²) in [6.07, 6.45) is 0.221. The molecule has 0 radical (unpaired) electrons. The molecule has 8 N–H and O–H groups in total. The Hall–Kier alpha value is -6.67. The fourth-order valence-corrected chi connectivity index (χ4v) is 7.65. The molecule has 21 heteroatoms. The van der Waals surface area contributed by atoms with Gasteiger partial charge in [0, 0.05) is 37.3 Å². The van der Waals surface area contributed by atoms with E-state index in [0.29, 0.717) is 96.1 Å². The van der Waals surface area contributed by atoms with Crippen LogP contribution in [0.4, 0.5) is 11.9 Å². The van der Waals surface area contributed by atoms with Crippen LogP contribution in [0.3, 0.4) is 0 Å². The normalized spacial score (nSPS) is 13.9. The molecule has 322 valence electrons. The van der Waals surface area contributed by atoms with Gasteiger partial charge in [-0.15, -0.1) is 11.6 Å². The van der Waals surface area contributed by atoms with E-state index in [1.54, 1.807) is 45.8 Å². The molecule has 1 unspecified atom stereocenters. The van der Waals surface area contributed by atoms with Gasteiger partial charge in [-0.3, -0.25) is 33.9 Å². The zero-order valence-corrected chi connectivity index (χ0v) is 35.0. The van der Waals surface area contributed by atoms with Crippen LogP contribution in [0.2, 0.25) is 0 Å². The van der Waals surface area contributed by atoms with Crippen molar-refractivity contribution in [2.24, 2.45) is 11.5 Å². The molecule has 0 fully saturated rings. The standard InChI is InChI=1S/C40H48ClN13O7/c1-5-52-28(13-21(3)49-52)37(58)47-39-45-26-15-23(35(42)56)17-30(60-12-8-10-44-32(55)19-41)33(26)51(39)11-7-9-25-20-61-31-18-24(36(43)57)16-27-34(31)54(25)40(46-27)48-38(59)29-14-22(4)50-53(29)6-2/h13-18,25,37,58H,5-12,19-20H2,1-4H3,(H2,42,56)(H2,43,57)(H,44,55)(H,45,47)(H,46,48,59)/t25-,37?/m0/s1. The van der Waals surface area contributed by atoms with Gasteiger partial charge in [-0.05, 0) is 83.4 Å². The van der Waals surface area contributed by atoms with Crippen LogP contribution in [-0.4, -0.2) is 93.0 Å². The largest absolute Gasteiger partial charge is 0.491 e. The lowest BCUT2D eigenvalue weighted by Gasteiger charge is -2.27. The highest BCUT2D eigenvalue weighted by atomic mass is 35.5. The molecule has 2 aromatic carbocycles. The number of alkyl halides is 1. The number of aromatic nitrogens is 8. The molecule has 20 nitrogen and oxygen atoms in total. The zero-order valence-electron chi connectivity index (χ0n) is 34.2. The van der Waals surface area contributed by atoms with Gasteiger partial charge in [0.05, 0.1) is 40.8 Å². The maximum Gasteiger partial charge on any atom is 0.276 e. The molecule has 2 atom stereocenters. The predicted octanol–water partition coefficient (Wildman–Crippen LogP) is 3.53. The average Bonchev–Trinajstić information content (AvgIpc) is 4.01. The highest BCUT2D eigenvalue weighted by Crippen LogP contribution is 2.39. The monoisotopic (exact) mass is 857 g/mol.